The molecule has 1 saturated heterocycles. The fourth-order valence-electron chi connectivity index (χ4n) is 6.27. The van der Waals surface area contributed by atoms with E-state index in [0.29, 0.717) is 52.1 Å². The Morgan fingerprint density at radius 3 is 2.43 bits per heavy atom. The molecule has 9 nitrogen and oxygen atoms in total. The average Bonchev–Trinajstić information content (AvgIpc) is 3.16. The third kappa shape index (κ3) is 11.2. The summed E-state index contributed by atoms with van der Waals surface area (Å²) in [4.78, 5) is 34.1. The lowest BCUT2D eigenvalue weighted by atomic mass is 9.94. The second-order valence-electron chi connectivity index (χ2n) is 14.0. The Hall–Kier alpha value is -3.12. The van der Waals surface area contributed by atoms with E-state index in [9.17, 15) is 14.0 Å². The predicted octanol–water partition coefficient (Wildman–Crippen LogP) is 6.92. The van der Waals surface area contributed by atoms with Gasteiger partial charge >= 0.3 is 0 Å². The molecule has 0 saturated carbocycles. The summed E-state index contributed by atoms with van der Waals surface area (Å²) in [5, 5.41) is 3.24. The molecule has 3 aromatic rings. The molecule has 2 heterocycles. The molecule has 280 valence electrons. The summed E-state index contributed by atoms with van der Waals surface area (Å²) >= 11 is 6.58. The van der Waals surface area contributed by atoms with Crippen LogP contribution in [0.4, 0.5) is 10.1 Å². The van der Waals surface area contributed by atoms with Gasteiger partial charge in [-0.2, -0.15) is 0 Å². The van der Waals surface area contributed by atoms with Gasteiger partial charge in [-0.1, -0.05) is 62.7 Å². The van der Waals surface area contributed by atoms with Crippen LogP contribution < -0.4 is 19.7 Å². The summed E-state index contributed by atoms with van der Waals surface area (Å²) in [6.45, 7) is 12.2. The molecule has 0 aromatic heterocycles. The van der Waals surface area contributed by atoms with Gasteiger partial charge in [-0.25, -0.2) is 4.39 Å². The van der Waals surface area contributed by atoms with Gasteiger partial charge < -0.3 is 34.2 Å². The molecule has 5 rings (SSSR count). The van der Waals surface area contributed by atoms with Crippen molar-refractivity contribution in [2.24, 2.45) is 5.41 Å². The van der Waals surface area contributed by atoms with Crippen LogP contribution >= 0.6 is 36.4 Å². The molecule has 51 heavy (non-hydrogen) atoms. The molecule has 2 atom stereocenters. The third-order valence-corrected chi connectivity index (χ3v) is 9.04. The van der Waals surface area contributed by atoms with Gasteiger partial charge in [0.25, 0.3) is 5.91 Å². The smallest absolute Gasteiger partial charge is 0.256 e. The Bertz CT molecular complexity index is 1620. The highest BCUT2D eigenvalue weighted by molar-refractivity contribution is 6.30. The summed E-state index contributed by atoms with van der Waals surface area (Å²) in [6, 6.07) is 17.2. The van der Waals surface area contributed by atoms with Crippen molar-refractivity contribution in [3.8, 4) is 11.5 Å². The maximum absolute atomic E-state index is 14.3. The Morgan fingerprint density at radius 2 is 1.75 bits per heavy atom. The van der Waals surface area contributed by atoms with Crippen LogP contribution in [0.25, 0.3) is 0 Å². The van der Waals surface area contributed by atoms with Crippen molar-refractivity contribution in [3.05, 3.63) is 88.2 Å². The number of likely N-dealkylation sites (N-methyl/N-ethyl adjacent to an activating group) is 1. The first-order valence-corrected chi connectivity index (χ1v) is 17.3. The SMILES string of the molecule is COc1c(OCCCN2CCN(C)CC2)cccc1C1OC(CC(=O)NCc2ccccc2F)C(=O)N(CC(C)(C)C)c2ccc(Cl)cc21.Cl.Cl. The van der Waals surface area contributed by atoms with Crippen molar-refractivity contribution in [2.45, 2.75) is 52.4 Å². The minimum atomic E-state index is -1.16. The van der Waals surface area contributed by atoms with E-state index < -0.39 is 23.9 Å². The number of amides is 2. The molecule has 0 radical (unpaired) electrons. The minimum Gasteiger partial charge on any atom is -0.492 e. The summed E-state index contributed by atoms with van der Waals surface area (Å²) in [5.41, 5.74) is 2.03. The molecule has 2 unspecified atom stereocenters. The van der Waals surface area contributed by atoms with E-state index in [1.165, 1.54) is 6.07 Å². The van der Waals surface area contributed by atoms with E-state index in [2.05, 4.69) is 22.2 Å². The Labute approximate surface area is 318 Å². The zero-order chi connectivity index (χ0) is 35.1. The molecule has 2 amide bonds. The molecule has 2 aliphatic rings. The number of nitrogens with zero attached hydrogens (tertiary/aromatic N) is 3. The summed E-state index contributed by atoms with van der Waals surface area (Å²) in [6.07, 6.45) is -1.39. The fourth-order valence-corrected chi connectivity index (χ4v) is 6.45. The topological polar surface area (TPSA) is 83.6 Å². The van der Waals surface area contributed by atoms with Crippen LogP contribution in [-0.4, -0.2) is 87.8 Å². The van der Waals surface area contributed by atoms with Gasteiger partial charge in [-0.3, -0.25) is 9.59 Å². The quantitative estimate of drug-likeness (QED) is 0.201. The van der Waals surface area contributed by atoms with Crippen LogP contribution in [0, 0.1) is 11.2 Å². The van der Waals surface area contributed by atoms with E-state index in [0.717, 1.165) is 39.1 Å². The van der Waals surface area contributed by atoms with Crippen LogP contribution in [0.1, 0.15) is 56.4 Å². The first-order valence-electron chi connectivity index (χ1n) is 16.9. The first kappa shape index (κ1) is 42.3. The number of carbonyl (C=O) groups is 2. The van der Waals surface area contributed by atoms with Crippen molar-refractivity contribution in [3.63, 3.8) is 0 Å². The number of anilines is 1. The van der Waals surface area contributed by atoms with E-state index in [-0.39, 0.29) is 49.1 Å². The zero-order valence-electron chi connectivity index (χ0n) is 30.0. The van der Waals surface area contributed by atoms with Crippen LogP contribution in [0.15, 0.2) is 60.7 Å². The number of rotatable bonds is 12. The number of carbonyl (C=O) groups excluding carboxylic acids is 2. The Balaban J connectivity index is 0.00000351. The number of hydrogen-bond acceptors (Lipinski definition) is 7. The molecule has 0 spiro atoms. The van der Waals surface area contributed by atoms with Gasteiger partial charge in [0.2, 0.25) is 5.91 Å². The van der Waals surface area contributed by atoms with Crippen LogP contribution in [0.3, 0.4) is 0 Å². The number of halogens is 4. The second-order valence-corrected chi connectivity index (χ2v) is 14.4. The number of ether oxygens (including phenoxy) is 3. The Kier molecular flexibility index (Phi) is 15.8. The van der Waals surface area contributed by atoms with Gasteiger partial charge in [0.05, 0.1) is 20.1 Å². The number of fused-ring (bicyclic) bond motifs is 1. The summed E-state index contributed by atoms with van der Waals surface area (Å²) in [5.74, 6) is -0.159. The normalized spacial score (nSPS) is 18.2. The van der Waals surface area contributed by atoms with Crippen molar-refractivity contribution >= 4 is 53.9 Å². The van der Waals surface area contributed by atoms with E-state index >= 15 is 0 Å². The zero-order valence-corrected chi connectivity index (χ0v) is 32.3. The van der Waals surface area contributed by atoms with Crippen LogP contribution in [-0.2, 0) is 20.9 Å². The number of hydrogen-bond donors (Lipinski definition) is 1. The standard InChI is InChI=1S/C38H48ClFN4O5.2ClH/c1-38(2,3)25-44-31-15-14-27(39)22-29(31)35(49-33(37(44)46)23-34(45)41-24-26-10-6-7-12-30(26)40)28-11-8-13-32(36(28)47-5)48-21-9-16-43-19-17-42(4)18-20-43;;/h6-8,10-15,22,33,35H,9,16-21,23-25H2,1-5H3,(H,41,45);2*1H. The third-order valence-electron chi connectivity index (χ3n) is 8.81. The molecule has 0 bridgehead atoms. The molecule has 1 fully saturated rings. The van der Waals surface area contributed by atoms with Crippen molar-refractivity contribution in [2.75, 3.05) is 64.9 Å². The number of piperazine rings is 1. The highest BCUT2D eigenvalue weighted by atomic mass is 35.5. The van der Waals surface area contributed by atoms with Crippen LogP contribution in [0.5, 0.6) is 11.5 Å². The van der Waals surface area contributed by atoms with E-state index in [1.54, 1.807) is 42.3 Å². The lowest BCUT2D eigenvalue weighted by Crippen LogP contribution is -2.45. The van der Waals surface area contributed by atoms with Crippen molar-refractivity contribution in [1.82, 2.24) is 15.1 Å². The van der Waals surface area contributed by atoms with Crippen LogP contribution in [0.2, 0.25) is 5.02 Å². The highest BCUT2D eigenvalue weighted by Crippen LogP contribution is 2.45. The molecule has 0 aliphatic carbocycles. The maximum atomic E-state index is 14.3. The summed E-state index contributed by atoms with van der Waals surface area (Å²) < 4.78 is 33.2. The molecule has 13 heteroatoms. The van der Waals surface area contributed by atoms with E-state index in [4.69, 9.17) is 25.8 Å². The number of nitrogens with one attached hydrogen (secondary N) is 1. The molecular formula is C38H50Cl3FN4O5. The second kappa shape index (κ2) is 19.1. The summed E-state index contributed by atoms with van der Waals surface area (Å²) in [7, 11) is 3.73. The fraction of sp³-hybridized carbons (Fsp3) is 0.474. The Morgan fingerprint density at radius 1 is 1.02 bits per heavy atom. The largest absolute Gasteiger partial charge is 0.492 e. The molecule has 2 aliphatic heterocycles. The molecule has 1 N–H and O–H groups in total. The highest BCUT2D eigenvalue weighted by Gasteiger charge is 2.40. The van der Waals surface area contributed by atoms with Gasteiger partial charge in [-0.15, -0.1) is 24.8 Å². The lowest BCUT2D eigenvalue weighted by molar-refractivity contribution is -0.138. The van der Waals surface area contributed by atoms with Crippen molar-refractivity contribution in [1.29, 1.82) is 0 Å². The molecular weight excluding hydrogens is 718 g/mol. The first-order chi connectivity index (χ1) is 23.4. The minimum absolute atomic E-state index is 0. The van der Waals surface area contributed by atoms with Gasteiger partial charge in [0, 0.05) is 73.2 Å². The van der Waals surface area contributed by atoms with Crippen molar-refractivity contribution < 1.29 is 28.2 Å². The number of benzene rings is 3. The number of methoxy groups -OCH3 is 1. The average molecular weight is 768 g/mol. The maximum Gasteiger partial charge on any atom is 0.256 e. The van der Waals surface area contributed by atoms with E-state index in [1.807, 2.05) is 45.0 Å². The van der Waals surface area contributed by atoms with Gasteiger partial charge in [-0.05, 0) is 49.2 Å². The predicted molar refractivity (Wildman–Crippen MR) is 204 cm³/mol. The monoisotopic (exact) mass is 766 g/mol. The molecule has 3 aromatic carbocycles. The number of para-hydroxylation sites is 1. The van der Waals surface area contributed by atoms with Gasteiger partial charge in [0.1, 0.15) is 18.0 Å². The lowest BCUT2D eigenvalue weighted by Gasteiger charge is -2.32. The van der Waals surface area contributed by atoms with Gasteiger partial charge in [0.15, 0.2) is 11.5 Å².